The third-order valence-electron chi connectivity index (χ3n) is 21.7. The summed E-state index contributed by atoms with van der Waals surface area (Å²) in [4.78, 5) is 43.4. The molecule has 7 aromatic rings. The van der Waals surface area contributed by atoms with Crippen LogP contribution in [0.4, 0.5) is 0 Å². The second-order valence-corrected chi connectivity index (χ2v) is 29.8. The van der Waals surface area contributed by atoms with Gasteiger partial charge in [-0.2, -0.15) is 0 Å². The van der Waals surface area contributed by atoms with Crippen molar-refractivity contribution in [2.75, 3.05) is 26.4 Å². The number of hydrogen-bond donors (Lipinski definition) is 6. The topological polar surface area (TPSA) is 190 Å². The lowest BCUT2D eigenvalue weighted by atomic mass is 9.91. The third kappa shape index (κ3) is 22.1. The number of aliphatic hydroxyl groups excluding tert-OH is 4. The molecule has 12 nitrogen and oxygen atoms in total. The molecule has 0 fully saturated rings. The lowest BCUT2D eigenvalue weighted by Gasteiger charge is -2.13. The molecule has 0 aliphatic carbocycles. The highest BCUT2D eigenvalue weighted by atomic mass is 16.3. The summed E-state index contributed by atoms with van der Waals surface area (Å²) in [5.74, 6) is 2.55. The summed E-state index contributed by atoms with van der Waals surface area (Å²) in [7, 11) is 0. The number of fused-ring (bicyclic) bond motifs is 20. The van der Waals surface area contributed by atoms with Gasteiger partial charge in [-0.05, 0) is 173 Å². The number of aromatic nitrogens is 8. The number of rotatable bonds is 52. The van der Waals surface area contributed by atoms with E-state index in [1.807, 2.05) is 0 Å². The van der Waals surface area contributed by atoms with Gasteiger partial charge in [0.05, 0.1) is 0 Å². The maximum atomic E-state index is 10.3. The molecule has 0 spiro atoms. The van der Waals surface area contributed by atoms with Crippen LogP contribution in [0.2, 0.25) is 0 Å². The summed E-state index contributed by atoms with van der Waals surface area (Å²) in [6.07, 6.45) is 52.4. The fourth-order valence-corrected chi connectivity index (χ4v) is 16.0. The van der Waals surface area contributed by atoms with E-state index in [9.17, 15) is 20.4 Å². The molecule has 0 saturated heterocycles. The highest BCUT2D eigenvalue weighted by molar-refractivity contribution is 6.10. The van der Waals surface area contributed by atoms with E-state index in [4.69, 9.17) is 29.9 Å². The van der Waals surface area contributed by atoms with Crippen LogP contribution in [0.25, 0.3) is 89.7 Å². The van der Waals surface area contributed by atoms with Gasteiger partial charge in [0.25, 0.3) is 0 Å². The van der Waals surface area contributed by atoms with Gasteiger partial charge in [0, 0.05) is 70.2 Å². The minimum absolute atomic E-state index is 0.128. The highest BCUT2D eigenvalue weighted by Gasteiger charge is 2.30. The molecular formula is C88H130N8O4. The molecule has 100 heavy (non-hydrogen) atoms. The lowest BCUT2D eigenvalue weighted by molar-refractivity contribution is 0.284. The molecule has 546 valence electrons. The Balaban J connectivity index is 1.39. The van der Waals surface area contributed by atoms with Crippen LogP contribution in [0, 0.1) is 0 Å². The van der Waals surface area contributed by atoms with Crippen molar-refractivity contribution in [3.05, 3.63) is 93.0 Å². The van der Waals surface area contributed by atoms with Crippen LogP contribution in [-0.2, 0) is 51.4 Å². The van der Waals surface area contributed by atoms with E-state index >= 15 is 0 Å². The number of benzene rings is 4. The smallest absolute Gasteiger partial charge is 0.165 e. The van der Waals surface area contributed by atoms with Gasteiger partial charge in [-0.25, -0.2) is 29.9 Å². The zero-order chi connectivity index (χ0) is 69.9. The quantitative estimate of drug-likeness (QED) is 0.0200. The number of nitrogens with zero attached hydrogens (tertiary/aromatic N) is 6. The Morgan fingerprint density at radius 2 is 0.380 bits per heavy atom. The van der Waals surface area contributed by atoms with E-state index in [0.29, 0.717) is 49.0 Å². The Morgan fingerprint density at radius 1 is 0.210 bits per heavy atom. The van der Waals surface area contributed by atoms with Crippen molar-refractivity contribution in [3.63, 3.8) is 0 Å². The van der Waals surface area contributed by atoms with E-state index < -0.39 is 0 Å². The Hall–Kier alpha value is -5.92. The van der Waals surface area contributed by atoms with Crippen LogP contribution in [0.3, 0.4) is 0 Å². The van der Waals surface area contributed by atoms with Crippen molar-refractivity contribution in [3.8, 4) is 45.6 Å². The summed E-state index contributed by atoms with van der Waals surface area (Å²) < 4.78 is 0. The van der Waals surface area contributed by atoms with Crippen molar-refractivity contribution in [1.29, 1.82) is 0 Å². The monoisotopic (exact) mass is 1360 g/mol. The number of aliphatic hydroxyl groups is 4. The van der Waals surface area contributed by atoms with Gasteiger partial charge in [0.2, 0.25) is 0 Å². The van der Waals surface area contributed by atoms with Gasteiger partial charge in [0.1, 0.15) is 22.6 Å². The van der Waals surface area contributed by atoms with Gasteiger partial charge < -0.3 is 30.4 Å². The Kier molecular flexibility index (Phi) is 34.3. The van der Waals surface area contributed by atoms with Crippen molar-refractivity contribution in [2.45, 2.75) is 336 Å². The molecule has 4 aromatic carbocycles. The first kappa shape index (κ1) is 78.2. The molecule has 3 aromatic heterocycles. The van der Waals surface area contributed by atoms with E-state index in [1.165, 1.54) is 202 Å². The second kappa shape index (κ2) is 43.9. The molecular weight excluding hydrogens is 1230 g/mol. The zero-order valence-electron chi connectivity index (χ0n) is 62.9. The first-order valence-corrected chi connectivity index (χ1v) is 41.2. The van der Waals surface area contributed by atoms with Crippen LogP contribution >= 0.6 is 0 Å². The molecule has 5 heterocycles. The van der Waals surface area contributed by atoms with Crippen molar-refractivity contribution >= 4 is 44.1 Å². The standard InChI is InChI=1S/C88H130N8O4/c1-5-9-13-17-21-25-29-33-45-65-53-54-66(46-34-30-26-22-18-14-10-6-2)74-73(65)81-89-82(74)92-86-79-71(51-39-43-63-99)59-60-72(52-40-44-64-100)80(79)88(96-86)94-84-76-68(48-36-32-28-24-20-16-12-8-4)56-55-67(47-35-31-27-23-19-15-11-7-3)75(76)83(90-84)93-87-78-70(50-38-42-62-98)58-57-69(49-37-41-61-97)77(78)85(91-81)95-87/h53-60,97-100H,5-52,61-64H2,1-4H3,(H2,89,90,91,92,93,94,95,96). The number of aryl methyl sites for hydroxylation is 8. The maximum Gasteiger partial charge on any atom is 0.165 e. The second-order valence-electron chi connectivity index (χ2n) is 29.8. The van der Waals surface area contributed by atoms with Gasteiger partial charge in [-0.15, -0.1) is 0 Å². The van der Waals surface area contributed by atoms with Crippen LogP contribution in [-0.4, -0.2) is 86.7 Å². The zero-order valence-corrected chi connectivity index (χ0v) is 62.9. The van der Waals surface area contributed by atoms with Gasteiger partial charge >= 0.3 is 0 Å². The molecule has 9 rings (SSSR count). The number of aromatic amines is 2. The summed E-state index contributed by atoms with van der Waals surface area (Å²) in [5, 5.41) is 45.5. The number of unbranched alkanes of at least 4 members (excludes halogenated alkanes) is 32. The van der Waals surface area contributed by atoms with Crippen LogP contribution in [0.1, 0.15) is 329 Å². The number of hydrogen-bond acceptors (Lipinski definition) is 10. The molecule has 2 aliphatic heterocycles. The number of nitrogens with one attached hydrogen (secondary N) is 2. The summed E-state index contributed by atoms with van der Waals surface area (Å²) in [6, 6.07) is 18.8. The molecule has 6 N–H and O–H groups in total. The Morgan fingerprint density at radius 3 is 0.580 bits per heavy atom. The molecule has 0 saturated carbocycles. The van der Waals surface area contributed by atoms with Crippen LogP contribution < -0.4 is 0 Å². The summed E-state index contributed by atoms with van der Waals surface area (Å²) >= 11 is 0. The highest BCUT2D eigenvalue weighted by Crippen LogP contribution is 2.45. The van der Waals surface area contributed by atoms with E-state index in [-0.39, 0.29) is 26.4 Å². The predicted octanol–water partition coefficient (Wildman–Crippen LogP) is 22.9. The maximum absolute atomic E-state index is 10.3. The summed E-state index contributed by atoms with van der Waals surface area (Å²) in [6.45, 7) is 9.69. The largest absolute Gasteiger partial charge is 0.396 e. The number of H-pyrrole nitrogens is 2. The van der Waals surface area contributed by atoms with Gasteiger partial charge in [0.15, 0.2) is 23.3 Å². The first-order valence-electron chi connectivity index (χ1n) is 41.2. The summed E-state index contributed by atoms with van der Waals surface area (Å²) in [5.41, 5.74) is 16.7. The predicted molar refractivity (Wildman–Crippen MR) is 421 cm³/mol. The molecule has 0 atom stereocenters. The van der Waals surface area contributed by atoms with Gasteiger partial charge in [-0.3, -0.25) is 0 Å². The van der Waals surface area contributed by atoms with E-state index in [2.05, 4.69) is 86.2 Å². The minimum atomic E-state index is 0.128. The normalized spacial score (nSPS) is 12.1. The fourth-order valence-electron chi connectivity index (χ4n) is 16.0. The molecule has 2 aliphatic rings. The molecule has 8 bridgehead atoms. The van der Waals surface area contributed by atoms with Crippen molar-refractivity contribution in [2.24, 2.45) is 0 Å². The molecule has 0 amide bonds. The molecule has 0 radical (unpaired) electrons. The Labute approximate surface area is 602 Å². The molecule has 12 heteroatoms. The van der Waals surface area contributed by atoms with E-state index in [1.54, 1.807) is 0 Å². The lowest BCUT2D eigenvalue weighted by Crippen LogP contribution is -1.99. The fraction of sp³-hybridized carbons (Fsp3) is 0.636. The van der Waals surface area contributed by atoms with Crippen LogP contribution in [0.5, 0.6) is 0 Å². The molecule has 0 unspecified atom stereocenters. The minimum Gasteiger partial charge on any atom is -0.396 e. The first-order chi connectivity index (χ1) is 49.4. The van der Waals surface area contributed by atoms with Crippen LogP contribution in [0.15, 0.2) is 48.5 Å². The third-order valence-corrected chi connectivity index (χ3v) is 21.7. The van der Waals surface area contributed by atoms with E-state index in [0.717, 1.165) is 191 Å². The average Bonchev–Trinajstić information content (AvgIpc) is 1.58. The van der Waals surface area contributed by atoms with Gasteiger partial charge in [-0.1, -0.05) is 256 Å². The van der Waals surface area contributed by atoms with Crippen molar-refractivity contribution < 1.29 is 20.4 Å². The Bertz CT molecular complexity index is 3280. The van der Waals surface area contributed by atoms with Crippen molar-refractivity contribution in [1.82, 2.24) is 39.9 Å². The SMILES string of the molecule is CCCCCCCCCCc1ccc(CCCCCCCCCC)c2c3nc4nc(nc5[nH]c(nc6nc(nc([nH]3)c12)-c1c(CCCCO)ccc(CCCCO)c1-6)c1c(CCCCCCCCCC)ccc(CCCCCCCCCC)c51)-c1c(CCCCO)ccc(CCCCO)c1-4. The average molecular weight is 1360 g/mol.